The second-order valence-electron chi connectivity index (χ2n) is 4.92. The van der Waals surface area contributed by atoms with Gasteiger partial charge in [-0.05, 0) is 43.7 Å². The molecule has 1 aliphatic heterocycles. The summed E-state index contributed by atoms with van der Waals surface area (Å²) in [6, 6.07) is 5.38. The van der Waals surface area contributed by atoms with Crippen molar-refractivity contribution < 1.29 is 4.79 Å². The van der Waals surface area contributed by atoms with Crippen LogP contribution in [0.2, 0.25) is 5.02 Å². The number of halogens is 1. The molecule has 0 radical (unpaired) electrons. The SMILES string of the molecule is CCNc1ccc(Cl)cc1C(=O)NCC1CCCCS1. The number of thioether (sulfide) groups is 1. The van der Waals surface area contributed by atoms with Crippen LogP contribution in [0, 0.1) is 0 Å². The number of rotatable bonds is 5. The molecule has 1 aromatic rings. The first kappa shape index (κ1) is 15.5. The molecule has 1 aliphatic rings. The molecule has 20 heavy (non-hydrogen) atoms. The van der Waals surface area contributed by atoms with Crippen molar-refractivity contribution >= 4 is 35.0 Å². The fourth-order valence-electron chi connectivity index (χ4n) is 2.32. The van der Waals surface area contributed by atoms with Crippen molar-refractivity contribution in [2.45, 2.75) is 31.4 Å². The van der Waals surface area contributed by atoms with Crippen molar-refractivity contribution in [3.8, 4) is 0 Å². The molecular weight excluding hydrogens is 292 g/mol. The lowest BCUT2D eigenvalue weighted by Gasteiger charge is -2.21. The molecule has 5 heteroatoms. The molecule has 1 heterocycles. The Hall–Kier alpha value is -0.870. The number of benzene rings is 1. The monoisotopic (exact) mass is 312 g/mol. The van der Waals surface area contributed by atoms with E-state index in [2.05, 4.69) is 10.6 Å². The van der Waals surface area contributed by atoms with Crippen molar-refractivity contribution in [2.75, 3.05) is 24.2 Å². The lowest BCUT2D eigenvalue weighted by Crippen LogP contribution is -2.32. The van der Waals surface area contributed by atoms with E-state index in [1.165, 1.54) is 25.0 Å². The summed E-state index contributed by atoms with van der Waals surface area (Å²) in [6.45, 7) is 3.52. The zero-order valence-electron chi connectivity index (χ0n) is 11.7. The van der Waals surface area contributed by atoms with Crippen LogP contribution in [-0.2, 0) is 0 Å². The maximum atomic E-state index is 12.3. The number of hydrogen-bond acceptors (Lipinski definition) is 3. The van der Waals surface area contributed by atoms with Crippen LogP contribution < -0.4 is 10.6 Å². The largest absolute Gasteiger partial charge is 0.385 e. The van der Waals surface area contributed by atoms with Gasteiger partial charge in [0, 0.05) is 29.0 Å². The van der Waals surface area contributed by atoms with Crippen LogP contribution in [0.15, 0.2) is 18.2 Å². The molecule has 110 valence electrons. The molecule has 2 N–H and O–H groups in total. The van der Waals surface area contributed by atoms with E-state index in [4.69, 9.17) is 11.6 Å². The third-order valence-electron chi connectivity index (χ3n) is 3.36. The predicted molar refractivity (Wildman–Crippen MR) is 88.0 cm³/mol. The lowest BCUT2D eigenvalue weighted by molar-refractivity contribution is 0.0954. The van der Waals surface area contributed by atoms with Gasteiger partial charge in [0.1, 0.15) is 0 Å². The quantitative estimate of drug-likeness (QED) is 0.869. The van der Waals surface area contributed by atoms with Gasteiger partial charge >= 0.3 is 0 Å². The standard InChI is InChI=1S/C15H21ClN2OS/c1-2-17-14-7-6-11(16)9-13(14)15(19)18-10-12-5-3-4-8-20-12/h6-7,9,12,17H,2-5,8,10H2,1H3,(H,18,19). The molecule has 1 aromatic carbocycles. The van der Waals surface area contributed by atoms with Gasteiger partial charge in [-0.3, -0.25) is 4.79 Å². The molecule has 1 atom stereocenters. The fraction of sp³-hybridized carbons (Fsp3) is 0.533. The zero-order valence-corrected chi connectivity index (χ0v) is 13.3. The normalized spacial score (nSPS) is 18.6. The van der Waals surface area contributed by atoms with Crippen molar-refractivity contribution in [1.29, 1.82) is 0 Å². The van der Waals surface area contributed by atoms with E-state index in [0.717, 1.165) is 18.8 Å². The first-order valence-corrected chi connectivity index (χ1v) is 8.56. The summed E-state index contributed by atoms with van der Waals surface area (Å²) in [5.41, 5.74) is 1.46. The van der Waals surface area contributed by atoms with Gasteiger partial charge in [0.25, 0.3) is 5.91 Å². The van der Waals surface area contributed by atoms with Crippen LogP contribution in [0.1, 0.15) is 36.5 Å². The van der Waals surface area contributed by atoms with Crippen molar-refractivity contribution in [2.24, 2.45) is 0 Å². The smallest absolute Gasteiger partial charge is 0.253 e. The summed E-state index contributed by atoms with van der Waals surface area (Å²) in [7, 11) is 0. The van der Waals surface area contributed by atoms with Crippen LogP contribution in [0.5, 0.6) is 0 Å². The lowest BCUT2D eigenvalue weighted by atomic mass is 10.1. The highest BCUT2D eigenvalue weighted by Crippen LogP contribution is 2.25. The van der Waals surface area contributed by atoms with Crippen molar-refractivity contribution in [3.05, 3.63) is 28.8 Å². The highest BCUT2D eigenvalue weighted by Gasteiger charge is 2.17. The summed E-state index contributed by atoms with van der Waals surface area (Å²) in [6.07, 6.45) is 3.77. The molecule has 0 aromatic heterocycles. The van der Waals surface area contributed by atoms with Gasteiger partial charge in [-0.15, -0.1) is 0 Å². The van der Waals surface area contributed by atoms with E-state index in [-0.39, 0.29) is 5.91 Å². The van der Waals surface area contributed by atoms with Gasteiger partial charge in [0.05, 0.1) is 5.56 Å². The van der Waals surface area contributed by atoms with Crippen LogP contribution in [0.25, 0.3) is 0 Å². The molecule has 1 amide bonds. The molecule has 1 saturated heterocycles. The molecule has 0 bridgehead atoms. The summed E-state index contributed by atoms with van der Waals surface area (Å²) in [5, 5.41) is 7.37. The number of amides is 1. The van der Waals surface area contributed by atoms with Gasteiger partial charge in [-0.2, -0.15) is 11.8 Å². The molecule has 0 spiro atoms. The van der Waals surface area contributed by atoms with Crippen LogP contribution in [0.4, 0.5) is 5.69 Å². The van der Waals surface area contributed by atoms with E-state index in [1.807, 2.05) is 24.8 Å². The Morgan fingerprint density at radius 1 is 1.45 bits per heavy atom. The highest BCUT2D eigenvalue weighted by atomic mass is 35.5. The Morgan fingerprint density at radius 3 is 3.00 bits per heavy atom. The summed E-state index contributed by atoms with van der Waals surface area (Å²) < 4.78 is 0. The van der Waals surface area contributed by atoms with Gasteiger partial charge in [-0.1, -0.05) is 18.0 Å². The fourth-order valence-corrected chi connectivity index (χ4v) is 3.73. The maximum absolute atomic E-state index is 12.3. The molecule has 3 nitrogen and oxygen atoms in total. The van der Waals surface area contributed by atoms with Crippen LogP contribution in [0.3, 0.4) is 0 Å². The molecule has 2 rings (SSSR count). The van der Waals surface area contributed by atoms with Crippen molar-refractivity contribution in [3.63, 3.8) is 0 Å². The maximum Gasteiger partial charge on any atom is 0.253 e. The molecule has 1 unspecified atom stereocenters. The highest BCUT2D eigenvalue weighted by molar-refractivity contribution is 7.99. The molecule has 0 saturated carbocycles. The second-order valence-corrected chi connectivity index (χ2v) is 6.76. The van der Waals surface area contributed by atoms with Gasteiger partial charge in [0.2, 0.25) is 0 Å². The summed E-state index contributed by atoms with van der Waals surface area (Å²) in [5.74, 6) is 1.16. The van der Waals surface area contributed by atoms with Crippen LogP contribution >= 0.6 is 23.4 Å². The third-order valence-corrected chi connectivity index (χ3v) is 4.99. The van der Waals surface area contributed by atoms with E-state index in [1.54, 1.807) is 12.1 Å². The predicted octanol–water partition coefficient (Wildman–Crippen LogP) is 3.79. The minimum Gasteiger partial charge on any atom is -0.385 e. The number of carbonyl (C=O) groups excluding carboxylic acids is 1. The topological polar surface area (TPSA) is 41.1 Å². The summed E-state index contributed by atoms with van der Waals surface area (Å²) >= 11 is 7.96. The van der Waals surface area contributed by atoms with Gasteiger partial charge < -0.3 is 10.6 Å². The van der Waals surface area contributed by atoms with Crippen LogP contribution in [-0.4, -0.2) is 30.0 Å². The van der Waals surface area contributed by atoms with E-state index >= 15 is 0 Å². The Labute approximate surface area is 129 Å². The van der Waals surface area contributed by atoms with Gasteiger partial charge in [-0.25, -0.2) is 0 Å². The third kappa shape index (κ3) is 4.32. The Balaban J connectivity index is 1.98. The van der Waals surface area contributed by atoms with E-state index in [9.17, 15) is 4.79 Å². The average molecular weight is 313 g/mol. The molecule has 0 aliphatic carbocycles. The number of anilines is 1. The van der Waals surface area contributed by atoms with Crippen molar-refractivity contribution in [1.82, 2.24) is 5.32 Å². The number of hydrogen-bond donors (Lipinski definition) is 2. The van der Waals surface area contributed by atoms with E-state index in [0.29, 0.717) is 15.8 Å². The minimum atomic E-state index is -0.0466. The Morgan fingerprint density at radius 2 is 2.30 bits per heavy atom. The van der Waals surface area contributed by atoms with Gasteiger partial charge in [0.15, 0.2) is 0 Å². The Bertz CT molecular complexity index is 461. The molecule has 1 fully saturated rings. The Kier molecular flexibility index (Phi) is 6.05. The minimum absolute atomic E-state index is 0.0466. The second kappa shape index (κ2) is 7.79. The van der Waals surface area contributed by atoms with E-state index < -0.39 is 0 Å². The first-order valence-electron chi connectivity index (χ1n) is 7.14. The zero-order chi connectivity index (χ0) is 14.4. The summed E-state index contributed by atoms with van der Waals surface area (Å²) in [4.78, 5) is 12.3. The number of carbonyl (C=O) groups is 1. The average Bonchev–Trinajstić information content (AvgIpc) is 2.48. The molecular formula is C15H21ClN2OS. The number of nitrogens with one attached hydrogen (secondary N) is 2. The first-order chi connectivity index (χ1) is 9.70.